The van der Waals surface area contributed by atoms with Crippen molar-refractivity contribution < 1.29 is 0 Å². The van der Waals surface area contributed by atoms with E-state index >= 15 is 0 Å². The van der Waals surface area contributed by atoms with E-state index in [9.17, 15) is 0 Å². The van der Waals surface area contributed by atoms with Gasteiger partial charge in [-0.15, -0.1) is 0 Å². The van der Waals surface area contributed by atoms with Crippen LogP contribution in [0.2, 0.25) is 0 Å². The van der Waals surface area contributed by atoms with E-state index in [1.807, 2.05) is 0 Å². The molecular weight excluding hydrogens is 140 g/mol. The highest BCUT2D eigenvalue weighted by Crippen LogP contribution is 2.31. The van der Waals surface area contributed by atoms with Crippen LogP contribution in [0, 0.1) is 5.92 Å². The summed E-state index contributed by atoms with van der Waals surface area (Å²) in [6, 6.07) is 0.263. The zero-order chi connectivity index (χ0) is 7.68. The lowest BCUT2D eigenvalue weighted by Gasteiger charge is -2.36. The second-order valence-corrected chi connectivity index (χ2v) is 3.52. The van der Waals surface area contributed by atoms with Gasteiger partial charge >= 0.3 is 0 Å². The van der Waals surface area contributed by atoms with Crippen LogP contribution in [-0.2, 0) is 0 Å². The van der Waals surface area contributed by atoms with Crippen LogP contribution in [0.25, 0.3) is 10.4 Å². The van der Waals surface area contributed by atoms with E-state index in [1.54, 1.807) is 0 Å². The lowest BCUT2D eigenvalue weighted by molar-refractivity contribution is 0.144. The maximum absolute atomic E-state index is 8.12. The Hall–Kier alpha value is -0.730. The molecule has 2 aliphatic rings. The Kier molecular flexibility index (Phi) is 1.72. The molecule has 0 aromatic heterocycles. The van der Waals surface area contributed by atoms with Crippen LogP contribution in [0.5, 0.6) is 0 Å². The highest BCUT2D eigenvalue weighted by Gasteiger charge is 2.31. The number of rotatable bonds is 3. The molecule has 1 saturated carbocycles. The van der Waals surface area contributed by atoms with Gasteiger partial charge in [0.05, 0.1) is 6.04 Å². The molecule has 0 atom stereocenters. The minimum Gasteiger partial charge on any atom is -0.302 e. The van der Waals surface area contributed by atoms with E-state index in [0.717, 1.165) is 19.0 Å². The average Bonchev–Trinajstić information content (AvgIpc) is 2.67. The molecule has 0 amide bonds. The molecule has 4 nitrogen and oxygen atoms in total. The topological polar surface area (TPSA) is 52.0 Å². The van der Waals surface area contributed by atoms with Gasteiger partial charge in [-0.25, -0.2) is 0 Å². The SMILES string of the molecule is [N-]=[N+]=NC1CN(CC2CC2)C1. The van der Waals surface area contributed by atoms with Crippen molar-refractivity contribution >= 4 is 0 Å². The quantitative estimate of drug-likeness (QED) is 0.342. The van der Waals surface area contributed by atoms with Crippen molar-refractivity contribution in [2.75, 3.05) is 19.6 Å². The van der Waals surface area contributed by atoms with E-state index in [2.05, 4.69) is 14.9 Å². The van der Waals surface area contributed by atoms with Gasteiger partial charge in [0.2, 0.25) is 0 Å². The monoisotopic (exact) mass is 152 g/mol. The zero-order valence-corrected chi connectivity index (χ0v) is 6.48. The Morgan fingerprint density at radius 2 is 2.18 bits per heavy atom. The van der Waals surface area contributed by atoms with Gasteiger partial charge in [-0.3, -0.25) is 0 Å². The molecule has 11 heavy (non-hydrogen) atoms. The normalized spacial score (nSPS) is 25.8. The summed E-state index contributed by atoms with van der Waals surface area (Å²) in [6.45, 7) is 3.21. The molecule has 0 spiro atoms. The third-order valence-corrected chi connectivity index (χ3v) is 2.37. The highest BCUT2D eigenvalue weighted by atomic mass is 15.3. The van der Waals surface area contributed by atoms with Crippen LogP contribution in [0.1, 0.15) is 12.8 Å². The molecule has 0 bridgehead atoms. The molecule has 0 aromatic rings. The third kappa shape index (κ3) is 1.64. The fourth-order valence-corrected chi connectivity index (χ4v) is 1.50. The number of azide groups is 1. The van der Waals surface area contributed by atoms with Crippen molar-refractivity contribution in [3.63, 3.8) is 0 Å². The molecule has 0 aromatic carbocycles. The first-order valence-electron chi connectivity index (χ1n) is 4.15. The maximum atomic E-state index is 8.12. The van der Waals surface area contributed by atoms with Crippen LogP contribution in [-0.4, -0.2) is 30.6 Å². The smallest absolute Gasteiger partial charge is 0.0628 e. The largest absolute Gasteiger partial charge is 0.302 e. The van der Waals surface area contributed by atoms with Crippen molar-refractivity contribution in [3.05, 3.63) is 10.4 Å². The van der Waals surface area contributed by atoms with E-state index in [4.69, 9.17) is 5.53 Å². The molecule has 1 heterocycles. The maximum Gasteiger partial charge on any atom is 0.0628 e. The average molecular weight is 152 g/mol. The Morgan fingerprint density at radius 1 is 1.45 bits per heavy atom. The molecule has 2 rings (SSSR count). The third-order valence-electron chi connectivity index (χ3n) is 2.37. The van der Waals surface area contributed by atoms with Crippen LogP contribution >= 0.6 is 0 Å². The van der Waals surface area contributed by atoms with E-state index in [-0.39, 0.29) is 6.04 Å². The van der Waals surface area contributed by atoms with E-state index in [1.165, 1.54) is 19.4 Å². The summed E-state index contributed by atoms with van der Waals surface area (Å²) in [7, 11) is 0. The molecular formula is C7H12N4. The van der Waals surface area contributed by atoms with Gasteiger partial charge in [-0.1, -0.05) is 5.11 Å². The lowest BCUT2D eigenvalue weighted by atomic mass is 10.1. The van der Waals surface area contributed by atoms with Crippen molar-refractivity contribution in [2.45, 2.75) is 18.9 Å². The molecule has 60 valence electrons. The molecule has 1 saturated heterocycles. The van der Waals surface area contributed by atoms with Crippen LogP contribution in [0.3, 0.4) is 0 Å². The van der Waals surface area contributed by atoms with Crippen LogP contribution in [0.4, 0.5) is 0 Å². The van der Waals surface area contributed by atoms with Gasteiger partial charge in [0.1, 0.15) is 0 Å². The summed E-state index contributed by atoms with van der Waals surface area (Å²) >= 11 is 0. The van der Waals surface area contributed by atoms with Gasteiger partial charge < -0.3 is 4.90 Å². The summed E-state index contributed by atoms with van der Waals surface area (Å²) in [5, 5.41) is 3.65. The second kappa shape index (κ2) is 2.72. The fraction of sp³-hybridized carbons (Fsp3) is 1.00. The molecule has 0 N–H and O–H groups in total. The first kappa shape index (κ1) is 6.95. The number of hydrogen-bond donors (Lipinski definition) is 0. The van der Waals surface area contributed by atoms with Crippen molar-refractivity contribution in [3.8, 4) is 0 Å². The minimum absolute atomic E-state index is 0.263. The Balaban J connectivity index is 1.66. The van der Waals surface area contributed by atoms with E-state index < -0.39 is 0 Å². The van der Waals surface area contributed by atoms with Crippen molar-refractivity contribution in [2.24, 2.45) is 11.0 Å². The number of nitrogens with zero attached hydrogens (tertiary/aromatic N) is 4. The van der Waals surface area contributed by atoms with Crippen LogP contribution in [0.15, 0.2) is 5.11 Å². The summed E-state index contributed by atoms with van der Waals surface area (Å²) in [5.41, 5.74) is 8.12. The molecule has 0 radical (unpaired) electrons. The van der Waals surface area contributed by atoms with Gasteiger partial charge in [-0.05, 0) is 24.3 Å². The number of hydrogen-bond acceptors (Lipinski definition) is 2. The summed E-state index contributed by atoms with van der Waals surface area (Å²) in [4.78, 5) is 5.16. The van der Waals surface area contributed by atoms with Crippen molar-refractivity contribution in [1.29, 1.82) is 0 Å². The molecule has 1 aliphatic heterocycles. The Bertz CT molecular complexity index is 187. The molecule has 2 fully saturated rings. The van der Waals surface area contributed by atoms with Crippen LogP contribution < -0.4 is 0 Å². The second-order valence-electron chi connectivity index (χ2n) is 3.52. The summed E-state index contributed by atoms with van der Waals surface area (Å²) in [5.74, 6) is 0.960. The van der Waals surface area contributed by atoms with Crippen molar-refractivity contribution in [1.82, 2.24) is 4.90 Å². The minimum atomic E-state index is 0.263. The molecule has 1 aliphatic carbocycles. The van der Waals surface area contributed by atoms with Gasteiger partial charge in [-0.2, -0.15) is 0 Å². The van der Waals surface area contributed by atoms with E-state index in [0.29, 0.717) is 0 Å². The number of likely N-dealkylation sites (tertiary alicyclic amines) is 1. The first-order valence-corrected chi connectivity index (χ1v) is 4.15. The predicted octanol–water partition coefficient (Wildman–Crippen LogP) is 1.39. The first-order chi connectivity index (χ1) is 5.38. The van der Waals surface area contributed by atoms with Gasteiger partial charge in [0.15, 0.2) is 0 Å². The fourth-order valence-electron chi connectivity index (χ4n) is 1.50. The summed E-state index contributed by atoms with van der Waals surface area (Å²) < 4.78 is 0. The predicted molar refractivity (Wildman–Crippen MR) is 42.1 cm³/mol. The zero-order valence-electron chi connectivity index (χ0n) is 6.48. The molecule has 0 unspecified atom stereocenters. The highest BCUT2D eigenvalue weighted by molar-refractivity contribution is 4.89. The summed E-state index contributed by atoms with van der Waals surface area (Å²) in [6.07, 6.45) is 2.81. The Morgan fingerprint density at radius 3 is 2.73 bits per heavy atom. The van der Waals surface area contributed by atoms with Gasteiger partial charge in [0, 0.05) is 24.5 Å². The molecule has 4 heteroatoms. The lowest BCUT2D eigenvalue weighted by Crippen LogP contribution is -2.50. The standard InChI is InChI=1S/C7H12N4/c8-10-9-7-4-11(5-7)3-6-1-2-6/h6-7H,1-5H2. The Labute approximate surface area is 65.8 Å². The van der Waals surface area contributed by atoms with Gasteiger partial charge in [0.25, 0.3) is 0 Å².